The highest BCUT2D eigenvalue weighted by Gasteiger charge is 2.43. The zero-order valence-corrected chi connectivity index (χ0v) is 14.8. The van der Waals surface area contributed by atoms with Gasteiger partial charge in [0.2, 0.25) is 0 Å². The molecule has 3 N–H and O–H groups in total. The van der Waals surface area contributed by atoms with E-state index >= 15 is 0 Å². The van der Waals surface area contributed by atoms with Gasteiger partial charge in [-0.1, -0.05) is 29.8 Å². The van der Waals surface area contributed by atoms with Crippen molar-refractivity contribution in [1.29, 1.82) is 0 Å². The normalized spacial score (nSPS) is 20.6. The van der Waals surface area contributed by atoms with E-state index in [-0.39, 0.29) is 6.04 Å². The van der Waals surface area contributed by atoms with E-state index in [1.165, 1.54) is 0 Å². The number of carbonyl (C=O) groups excluding carboxylic acids is 1. The summed E-state index contributed by atoms with van der Waals surface area (Å²) in [6, 6.07) is 7.24. The number of likely N-dealkylation sites (tertiary alicyclic amines) is 1. The van der Waals surface area contributed by atoms with Crippen LogP contribution in [0.3, 0.4) is 0 Å². The van der Waals surface area contributed by atoms with Crippen molar-refractivity contribution in [3.63, 3.8) is 0 Å². The van der Waals surface area contributed by atoms with Gasteiger partial charge in [0.1, 0.15) is 5.60 Å². The number of aliphatic hydroxyl groups is 1. The minimum atomic E-state index is -1.07. The topological polar surface area (TPSA) is 75.8 Å². The molecule has 0 saturated carbocycles. The first-order chi connectivity index (χ1) is 11.5. The zero-order chi connectivity index (χ0) is 17.6. The fraction of sp³-hybridized carbons (Fsp3) is 0.632. The molecule has 1 aromatic rings. The van der Waals surface area contributed by atoms with Crippen LogP contribution in [0, 0.1) is 6.92 Å². The van der Waals surface area contributed by atoms with Gasteiger partial charge in [0, 0.05) is 20.3 Å². The van der Waals surface area contributed by atoms with Crippen molar-refractivity contribution in [3.8, 4) is 0 Å². The number of urea groups is 1. The summed E-state index contributed by atoms with van der Waals surface area (Å²) in [7, 11) is 1.68. The quantitative estimate of drug-likeness (QED) is 0.753. The first-order valence-electron chi connectivity index (χ1n) is 8.83. The first kappa shape index (κ1) is 18.7. The summed E-state index contributed by atoms with van der Waals surface area (Å²) in [5.41, 5.74) is 6.49. The first-order valence-corrected chi connectivity index (χ1v) is 8.83. The third-order valence-electron chi connectivity index (χ3n) is 5.01. The van der Waals surface area contributed by atoms with Gasteiger partial charge in [-0.05, 0) is 51.0 Å². The summed E-state index contributed by atoms with van der Waals surface area (Å²) in [6.45, 7) is 3.31. The maximum absolute atomic E-state index is 11.9. The Labute approximate surface area is 144 Å². The highest BCUT2D eigenvalue weighted by Crippen LogP contribution is 2.38. The molecule has 1 aliphatic heterocycles. The number of ether oxygens (including phenoxy) is 1. The number of rotatable bonds is 7. The number of amides is 2. The van der Waals surface area contributed by atoms with Crippen LogP contribution in [0.4, 0.5) is 4.79 Å². The Hall–Kier alpha value is -1.59. The molecule has 0 spiro atoms. The van der Waals surface area contributed by atoms with E-state index in [9.17, 15) is 9.90 Å². The Morgan fingerprint density at radius 1 is 1.42 bits per heavy atom. The Bertz CT molecular complexity index is 549. The summed E-state index contributed by atoms with van der Waals surface area (Å²) in [6.07, 6.45) is 5.02. The van der Waals surface area contributed by atoms with Crippen LogP contribution in [-0.2, 0) is 10.3 Å². The molecule has 5 heteroatoms. The molecule has 1 unspecified atom stereocenters. The third-order valence-corrected chi connectivity index (χ3v) is 5.01. The fourth-order valence-electron chi connectivity index (χ4n) is 3.75. The van der Waals surface area contributed by atoms with Crippen LogP contribution in [0.15, 0.2) is 24.3 Å². The SMILES string of the molecule is COCCCC[C@](O)(c1cccc(C)c1)C1CCCCN1C(N)=O. The molecule has 2 atom stereocenters. The molecule has 2 amide bonds. The molecule has 2 rings (SSSR count). The molecule has 1 aliphatic rings. The second-order valence-electron chi connectivity index (χ2n) is 6.79. The molecule has 1 aromatic carbocycles. The maximum atomic E-state index is 11.9. The molecular weight excluding hydrogens is 304 g/mol. The molecule has 24 heavy (non-hydrogen) atoms. The molecular formula is C19H30N2O3. The zero-order valence-electron chi connectivity index (χ0n) is 14.8. The van der Waals surface area contributed by atoms with Crippen LogP contribution in [0.2, 0.25) is 0 Å². The minimum Gasteiger partial charge on any atom is -0.385 e. The summed E-state index contributed by atoms with van der Waals surface area (Å²) in [5, 5.41) is 11.7. The second-order valence-corrected chi connectivity index (χ2v) is 6.79. The van der Waals surface area contributed by atoms with Crippen LogP contribution in [0.1, 0.15) is 49.7 Å². The lowest BCUT2D eigenvalue weighted by Crippen LogP contribution is -2.56. The number of aryl methyl sites for hydroxylation is 1. The van der Waals surface area contributed by atoms with Gasteiger partial charge in [-0.15, -0.1) is 0 Å². The number of methoxy groups -OCH3 is 1. The Morgan fingerprint density at radius 3 is 2.88 bits per heavy atom. The highest BCUT2D eigenvalue weighted by atomic mass is 16.5. The lowest BCUT2D eigenvalue weighted by molar-refractivity contribution is -0.0604. The number of unbranched alkanes of at least 4 members (excludes halogenated alkanes) is 1. The highest BCUT2D eigenvalue weighted by molar-refractivity contribution is 5.72. The number of piperidine rings is 1. The molecule has 134 valence electrons. The molecule has 0 radical (unpaired) electrons. The van der Waals surface area contributed by atoms with Crippen LogP contribution < -0.4 is 5.73 Å². The largest absolute Gasteiger partial charge is 0.385 e. The summed E-state index contributed by atoms with van der Waals surface area (Å²) < 4.78 is 5.12. The number of nitrogens with two attached hydrogens (primary N) is 1. The Kier molecular flexibility index (Phi) is 6.63. The van der Waals surface area contributed by atoms with Gasteiger partial charge in [0.05, 0.1) is 6.04 Å². The second kappa shape index (κ2) is 8.49. The molecule has 0 bridgehead atoms. The van der Waals surface area contributed by atoms with E-state index in [0.29, 0.717) is 19.6 Å². The number of carbonyl (C=O) groups is 1. The van der Waals surface area contributed by atoms with Gasteiger partial charge in [-0.2, -0.15) is 0 Å². The minimum absolute atomic E-state index is 0.270. The van der Waals surface area contributed by atoms with Crippen molar-refractivity contribution in [1.82, 2.24) is 4.90 Å². The number of hydrogen-bond acceptors (Lipinski definition) is 3. The Morgan fingerprint density at radius 2 is 2.21 bits per heavy atom. The van der Waals surface area contributed by atoms with E-state index in [1.54, 1.807) is 12.0 Å². The van der Waals surface area contributed by atoms with E-state index < -0.39 is 11.6 Å². The lowest BCUT2D eigenvalue weighted by Gasteiger charge is -2.45. The van der Waals surface area contributed by atoms with Crippen molar-refractivity contribution in [3.05, 3.63) is 35.4 Å². The van der Waals surface area contributed by atoms with Crippen molar-refractivity contribution >= 4 is 6.03 Å². The van der Waals surface area contributed by atoms with Crippen molar-refractivity contribution < 1.29 is 14.6 Å². The van der Waals surface area contributed by atoms with Crippen LogP contribution in [-0.4, -0.2) is 42.3 Å². The van der Waals surface area contributed by atoms with E-state index in [4.69, 9.17) is 10.5 Å². The van der Waals surface area contributed by atoms with Crippen LogP contribution >= 0.6 is 0 Å². The molecule has 5 nitrogen and oxygen atoms in total. The Balaban J connectivity index is 2.31. The molecule has 1 heterocycles. The number of hydrogen-bond donors (Lipinski definition) is 2. The van der Waals surface area contributed by atoms with Crippen LogP contribution in [0.25, 0.3) is 0 Å². The van der Waals surface area contributed by atoms with Crippen molar-refractivity contribution in [2.24, 2.45) is 5.73 Å². The van der Waals surface area contributed by atoms with Crippen molar-refractivity contribution in [2.75, 3.05) is 20.3 Å². The molecule has 0 aromatic heterocycles. The van der Waals surface area contributed by atoms with Gasteiger partial charge >= 0.3 is 6.03 Å². The number of primary amides is 1. The lowest BCUT2D eigenvalue weighted by atomic mass is 9.77. The van der Waals surface area contributed by atoms with Crippen molar-refractivity contribution in [2.45, 2.75) is 57.1 Å². The number of nitrogens with zero attached hydrogens (tertiary/aromatic N) is 1. The van der Waals surface area contributed by atoms with Crippen LogP contribution in [0.5, 0.6) is 0 Å². The fourth-order valence-corrected chi connectivity index (χ4v) is 3.75. The monoisotopic (exact) mass is 334 g/mol. The summed E-state index contributed by atoms with van der Waals surface area (Å²) in [5.74, 6) is 0. The average Bonchev–Trinajstić information content (AvgIpc) is 2.58. The predicted molar refractivity (Wildman–Crippen MR) is 94.7 cm³/mol. The van der Waals surface area contributed by atoms with Gasteiger partial charge in [-0.25, -0.2) is 4.79 Å². The van der Waals surface area contributed by atoms with E-state index in [1.807, 2.05) is 31.2 Å². The standard InChI is InChI=1S/C19H30N2O3/c1-15-8-7-9-16(14-15)19(23,11-4-6-13-24-2)17-10-3-5-12-21(17)18(20)22/h7-9,14,17,23H,3-6,10-13H2,1-2H3,(H2,20,22)/t17?,19-/m0/s1. The smallest absolute Gasteiger partial charge is 0.315 e. The van der Waals surface area contributed by atoms with E-state index in [2.05, 4.69) is 0 Å². The van der Waals surface area contributed by atoms with Gasteiger partial charge < -0.3 is 20.5 Å². The third kappa shape index (κ3) is 4.28. The maximum Gasteiger partial charge on any atom is 0.315 e. The predicted octanol–water partition coefficient (Wildman–Crippen LogP) is 2.93. The summed E-state index contributed by atoms with van der Waals surface area (Å²) in [4.78, 5) is 13.6. The molecule has 1 fully saturated rings. The van der Waals surface area contributed by atoms with E-state index in [0.717, 1.165) is 43.2 Å². The molecule has 1 saturated heterocycles. The molecule has 0 aliphatic carbocycles. The average molecular weight is 334 g/mol. The van der Waals surface area contributed by atoms with Gasteiger partial charge in [-0.3, -0.25) is 0 Å². The van der Waals surface area contributed by atoms with Gasteiger partial charge in [0.15, 0.2) is 0 Å². The van der Waals surface area contributed by atoms with Gasteiger partial charge in [0.25, 0.3) is 0 Å². The number of benzene rings is 1. The summed E-state index contributed by atoms with van der Waals surface area (Å²) >= 11 is 0.